The molecule has 9 heteroatoms. The van der Waals surface area contributed by atoms with Gasteiger partial charge in [0.25, 0.3) is 10.0 Å². The Bertz CT molecular complexity index is 527. The molecule has 0 amide bonds. The SMILES string of the molecule is CC(C)NCc1ccc(S(=O)(=O)NC(CO)(CO)CO)o1. The van der Waals surface area contributed by atoms with Gasteiger partial charge in [-0.05, 0) is 12.1 Å². The minimum Gasteiger partial charge on any atom is -0.447 e. The van der Waals surface area contributed by atoms with Crippen molar-refractivity contribution in [2.24, 2.45) is 0 Å². The lowest BCUT2D eigenvalue weighted by Gasteiger charge is -2.27. The van der Waals surface area contributed by atoms with E-state index >= 15 is 0 Å². The Balaban J connectivity index is 2.88. The van der Waals surface area contributed by atoms with Gasteiger partial charge < -0.3 is 25.1 Å². The van der Waals surface area contributed by atoms with Crippen LogP contribution in [-0.2, 0) is 16.6 Å². The van der Waals surface area contributed by atoms with Crippen LogP contribution in [0.5, 0.6) is 0 Å². The van der Waals surface area contributed by atoms with Crippen LogP contribution < -0.4 is 10.0 Å². The van der Waals surface area contributed by atoms with E-state index < -0.39 is 35.4 Å². The molecule has 1 heterocycles. The fourth-order valence-corrected chi connectivity index (χ4v) is 2.81. The van der Waals surface area contributed by atoms with Crippen molar-refractivity contribution < 1.29 is 28.2 Å². The highest BCUT2D eigenvalue weighted by atomic mass is 32.2. The van der Waals surface area contributed by atoms with Gasteiger partial charge in [0.15, 0.2) is 0 Å². The molecule has 0 spiro atoms. The summed E-state index contributed by atoms with van der Waals surface area (Å²) in [5, 5.41) is 30.2. The van der Waals surface area contributed by atoms with Gasteiger partial charge in [-0.15, -0.1) is 0 Å². The van der Waals surface area contributed by atoms with Crippen LogP contribution in [0, 0.1) is 0 Å². The molecule has 21 heavy (non-hydrogen) atoms. The van der Waals surface area contributed by atoms with E-state index in [9.17, 15) is 8.42 Å². The molecule has 0 radical (unpaired) electrons. The maximum Gasteiger partial charge on any atom is 0.274 e. The Kier molecular flexibility index (Phi) is 6.32. The lowest BCUT2D eigenvalue weighted by Crippen LogP contribution is -2.56. The van der Waals surface area contributed by atoms with Gasteiger partial charge in [0, 0.05) is 6.04 Å². The van der Waals surface area contributed by atoms with Crippen LogP contribution in [0.3, 0.4) is 0 Å². The van der Waals surface area contributed by atoms with Gasteiger partial charge in [-0.25, -0.2) is 8.42 Å². The van der Waals surface area contributed by atoms with Crippen LogP contribution in [0.4, 0.5) is 0 Å². The average Bonchev–Trinajstić information content (AvgIpc) is 2.92. The van der Waals surface area contributed by atoms with Crippen molar-refractivity contribution in [3.8, 4) is 0 Å². The molecule has 5 N–H and O–H groups in total. The molecule has 8 nitrogen and oxygen atoms in total. The van der Waals surface area contributed by atoms with E-state index in [0.717, 1.165) is 0 Å². The number of nitrogens with one attached hydrogen (secondary N) is 2. The van der Waals surface area contributed by atoms with Crippen LogP contribution >= 0.6 is 0 Å². The Morgan fingerprint density at radius 2 is 1.76 bits per heavy atom. The van der Waals surface area contributed by atoms with Gasteiger partial charge in [-0.2, -0.15) is 4.72 Å². The van der Waals surface area contributed by atoms with E-state index in [2.05, 4.69) is 10.0 Å². The highest BCUT2D eigenvalue weighted by Crippen LogP contribution is 2.16. The molecule has 0 bridgehead atoms. The monoisotopic (exact) mass is 322 g/mol. The first-order chi connectivity index (χ1) is 9.78. The summed E-state index contributed by atoms with van der Waals surface area (Å²) in [5.41, 5.74) is -1.73. The maximum atomic E-state index is 12.1. The van der Waals surface area contributed by atoms with E-state index in [1.54, 1.807) is 0 Å². The molecular formula is C12H22N2O6S. The van der Waals surface area contributed by atoms with E-state index in [-0.39, 0.29) is 11.1 Å². The standard InChI is InChI=1S/C12H22N2O6S/c1-9(2)13-5-10-3-4-11(20-10)21(18,19)14-12(6-15,7-16)8-17/h3-4,9,13-17H,5-8H2,1-2H3. The maximum absolute atomic E-state index is 12.1. The topological polar surface area (TPSA) is 132 Å². The molecular weight excluding hydrogens is 300 g/mol. The Hall–Kier alpha value is -0.970. The van der Waals surface area contributed by atoms with Crippen molar-refractivity contribution in [1.82, 2.24) is 10.0 Å². The third kappa shape index (κ3) is 4.77. The third-order valence-electron chi connectivity index (χ3n) is 2.85. The molecule has 1 rings (SSSR count). The summed E-state index contributed by atoms with van der Waals surface area (Å²) in [6.45, 7) is 2.02. The second-order valence-electron chi connectivity index (χ2n) is 5.12. The molecule has 0 aliphatic carbocycles. The quantitative estimate of drug-likeness (QED) is 0.384. The molecule has 122 valence electrons. The van der Waals surface area contributed by atoms with Crippen molar-refractivity contribution in [2.75, 3.05) is 19.8 Å². The fourth-order valence-electron chi connectivity index (χ4n) is 1.48. The highest BCUT2D eigenvalue weighted by molar-refractivity contribution is 7.89. The number of hydrogen-bond donors (Lipinski definition) is 5. The van der Waals surface area contributed by atoms with Gasteiger partial charge in [0.2, 0.25) is 5.09 Å². The number of sulfonamides is 1. The summed E-state index contributed by atoms with van der Waals surface area (Å²) >= 11 is 0. The summed E-state index contributed by atoms with van der Waals surface area (Å²) in [4.78, 5) is 0. The molecule has 0 aromatic carbocycles. The van der Waals surface area contributed by atoms with Crippen LogP contribution in [0.2, 0.25) is 0 Å². The van der Waals surface area contributed by atoms with Gasteiger partial charge in [-0.3, -0.25) is 0 Å². The largest absolute Gasteiger partial charge is 0.447 e. The molecule has 0 saturated heterocycles. The lowest BCUT2D eigenvalue weighted by atomic mass is 10.1. The Morgan fingerprint density at radius 3 is 2.24 bits per heavy atom. The second kappa shape index (κ2) is 7.34. The van der Waals surface area contributed by atoms with Crippen molar-refractivity contribution in [1.29, 1.82) is 0 Å². The van der Waals surface area contributed by atoms with Gasteiger partial charge in [-0.1, -0.05) is 13.8 Å². The minimum atomic E-state index is -4.10. The van der Waals surface area contributed by atoms with Crippen molar-refractivity contribution in [2.45, 2.75) is 37.1 Å². The number of furan rings is 1. The molecule has 1 aromatic heterocycles. The first-order valence-corrected chi connectivity index (χ1v) is 7.95. The first-order valence-electron chi connectivity index (χ1n) is 6.47. The molecule has 0 atom stereocenters. The Labute approximate surface area is 123 Å². The fraction of sp³-hybridized carbons (Fsp3) is 0.667. The first kappa shape index (κ1) is 18.1. The van der Waals surface area contributed by atoms with Crippen LogP contribution in [0.25, 0.3) is 0 Å². The van der Waals surface area contributed by atoms with Gasteiger partial charge >= 0.3 is 0 Å². The summed E-state index contributed by atoms with van der Waals surface area (Å²) in [6, 6.07) is 3.01. The molecule has 0 saturated carbocycles. The zero-order chi connectivity index (χ0) is 16.1. The third-order valence-corrected chi connectivity index (χ3v) is 4.30. The number of aliphatic hydroxyl groups excluding tert-OH is 3. The van der Waals surface area contributed by atoms with E-state index in [1.807, 2.05) is 13.8 Å². The number of aliphatic hydroxyl groups is 3. The minimum absolute atomic E-state index is 0.221. The smallest absolute Gasteiger partial charge is 0.274 e. The van der Waals surface area contributed by atoms with Crippen molar-refractivity contribution in [3.05, 3.63) is 17.9 Å². The van der Waals surface area contributed by atoms with Crippen molar-refractivity contribution >= 4 is 10.0 Å². The predicted octanol–water partition coefficient (Wildman–Crippen LogP) is -1.23. The van der Waals surface area contributed by atoms with Crippen LogP contribution in [0.1, 0.15) is 19.6 Å². The summed E-state index contributed by atoms with van der Waals surface area (Å²) in [6.07, 6.45) is 0. The summed E-state index contributed by atoms with van der Waals surface area (Å²) in [5.74, 6) is 0.437. The van der Waals surface area contributed by atoms with Gasteiger partial charge in [0.05, 0.1) is 26.4 Å². The zero-order valence-electron chi connectivity index (χ0n) is 12.0. The summed E-state index contributed by atoms with van der Waals surface area (Å²) in [7, 11) is -4.10. The normalized spacial score (nSPS) is 13.0. The number of rotatable bonds is 9. The average molecular weight is 322 g/mol. The second-order valence-corrected chi connectivity index (χ2v) is 6.73. The van der Waals surface area contributed by atoms with Crippen LogP contribution in [-0.4, -0.2) is 55.1 Å². The molecule has 0 fully saturated rings. The van der Waals surface area contributed by atoms with E-state index in [0.29, 0.717) is 12.3 Å². The number of hydrogen-bond acceptors (Lipinski definition) is 7. The van der Waals surface area contributed by atoms with E-state index in [4.69, 9.17) is 19.7 Å². The molecule has 0 aliphatic heterocycles. The highest BCUT2D eigenvalue weighted by Gasteiger charge is 2.35. The predicted molar refractivity (Wildman–Crippen MR) is 75.0 cm³/mol. The lowest BCUT2D eigenvalue weighted by molar-refractivity contribution is 0.0579. The van der Waals surface area contributed by atoms with Crippen LogP contribution in [0.15, 0.2) is 21.6 Å². The summed E-state index contributed by atoms with van der Waals surface area (Å²) < 4.78 is 31.5. The zero-order valence-corrected chi connectivity index (χ0v) is 12.9. The molecule has 0 unspecified atom stereocenters. The molecule has 1 aromatic rings. The Morgan fingerprint density at radius 1 is 1.19 bits per heavy atom. The van der Waals surface area contributed by atoms with Gasteiger partial charge in [0.1, 0.15) is 11.3 Å². The van der Waals surface area contributed by atoms with E-state index in [1.165, 1.54) is 12.1 Å². The molecule has 0 aliphatic rings. The van der Waals surface area contributed by atoms with Crippen molar-refractivity contribution in [3.63, 3.8) is 0 Å².